The molecular weight excluding hydrogens is 178 g/mol. The Morgan fingerprint density at radius 1 is 1.36 bits per heavy atom. The number of aryl methyl sites for hydroxylation is 2. The van der Waals surface area contributed by atoms with E-state index < -0.39 is 5.97 Å². The van der Waals surface area contributed by atoms with Crippen molar-refractivity contribution in [3.63, 3.8) is 0 Å². The number of aromatic amines is 1. The molecule has 0 unspecified atom stereocenters. The molecule has 2 N–H and O–H groups in total. The number of benzene rings is 1. The van der Waals surface area contributed by atoms with Gasteiger partial charge in [-0.15, -0.1) is 0 Å². The minimum atomic E-state index is -0.906. The van der Waals surface area contributed by atoms with Crippen LogP contribution in [0.25, 0.3) is 10.9 Å². The first-order valence-corrected chi connectivity index (χ1v) is 4.42. The number of aromatic carboxylic acids is 1. The van der Waals surface area contributed by atoms with Crippen LogP contribution in [0.3, 0.4) is 0 Å². The minimum absolute atomic E-state index is 0.283. The summed E-state index contributed by atoms with van der Waals surface area (Å²) in [6, 6.07) is 5.86. The standard InChI is InChI=1S/C11H11NO2/c1-6-3-4-9-8(5-6)7(2)10(12-9)11(13)14/h3-5,12H,1-2H3,(H,13,14). The van der Waals surface area contributed by atoms with Gasteiger partial charge in [-0.25, -0.2) is 4.79 Å². The van der Waals surface area contributed by atoms with E-state index in [9.17, 15) is 4.79 Å². The highest BCUT2D eigenvalue weighted by molar-refractivity contribution is 5.97. The lowest BCUT2D eigenvalue weighted by molar-refractivity contribution is 0.0691. The van der Waals surface area contributed by atoms with Crippen molar-refractivity contribution in [2.75, 3.05) is 0 Å². The summed E-state index contributed by atoms with van der Waals surface area (Å²) in [4.78, 5) is 13.7. The van der Waals surface area contributed by atoms with Gasteiger partial charge in [-0.3, -0.25) is 0 Å². The fraction of sp³-hybridized carbons (Fsp3) is 0.182. The summed E-state index contributed by atoms with van der Waals surface area (Å²) in [6.07, 6.45) is 0. The maximum absolute atomic E-state index is 10.8. The number of nitrogens with one attached hydrogen (secondary N) is 1. The highest BCUT2D eigenvalue weighted by Crippen LogP contribution is 2.22. The van der Waals surface area contributed by atoms with Crippen LogP contribution in [-0.4, -0.2) is 16.1 Å². The Morgan fingerprint density at radius 2 is 2.07 bits per heavy atom. The molecule has 0 saturated heterocycles. The molecule has 0 bridgehead atoms. The molecule has 3 heteroatoms. The van der Waals surface area contributed by atoms with Crippen molar-refractivity contribution < 1.29 is 9.90 Å². The van der Waals surface area contributed by atoms with E-state index >= 15 is 0 Å². The number of carbonyl (C=O) groups is 1. The number of hydrogen-bond acceptors (Lipinski definition) is 1. The molecule has 1 aromatic carbocycles. The summed E-state index contributed by atoms with van der Waals surface area (Å²) < 4.78 is 0. The molecule has 3 nitrogen and oxygen atoms in total. The molecule has 0 aliphatic carbocycles. The lowest BCUT2D eigenvalue weighted by Crippen LogP contribution is -1.97. The predicted molar refractivity (Wildman–Crippen MR) is 54.7 cm³/mol. The van der Waals surface area contributed by atoms with Gasteiger partial charge in [-0.1, -0.05) is 11.6 Å². The van der Waals surface area contributed by atoms with Gasteiger partial charge in [0.2, 0.25) is 0 Å². The molecular formula is C11H11NO2. The first kappa shape index (κ1) is 8.81. The van der Waals surface area contributed by atoms with E-state index in [1.165, 1.54) is 0 Å². The second-order valence-corrected chi connectivity index (χ2v) is 3.48. The van der Waals surface area contributed by atoms with E-state index in [-0.39, 0.29) is 5.69 Å². The number of fused-ring (bicyclic) bond motifs is 1. The molecule has 0 fully saturated rings. The van der Waals surface area contributed by atoms with Crippen LogP contribution in [0.15, 0.2) is 18.2 Å². The van der Waals surface area contributed by atoms with Gasteiger partial charge in [-0.2, -0.15) is 0 Å². The zero-order valence-corrected chi connectivity index (χ0v) is 8.09. The first-order chi connectivity index (χ1) is 6.59. The maximum atomic E-state index is 10.8. The monoisotopic (exact) mass is 189 g/mol. The summed E-state index contributed by atoms with van der Waals surface area (Å²) in [5.41, 5.74) is 3.10. The van der Waals surface area contributed by atoms with Gasteiger partial charge in [0.25, 0.3) is 0 Å². The number of carboxylic acids is 1. The molecule has 0 aliphatic heterocycles. The van der Waals surface area contributed by atoms with Crippen LogP contribution in [0.4, 0.5) is 0 Å². The van der Waals surface area contributed by atoms with E-state index in [4.69, 9.17) is 5.11 Å². The molecule has 2 aromatic rings. The molecule has 0 atom stereocenters. The van der Waals surface area contributed by atoms with Crippen LogP contribution in [0.2, 0.25) is 0 Å². The van der Waals surface area contributed by atoms with Gasteiger partial charge in [-0.05, 0) is 31.5 Å². The summed E-state index contributed by atoms with van der Waals surface area (Å²) in [5, 5.41) is 9.89. The fourth-order valence-corrected chi connectivity index (χ4v) is 1.65. The van der Waals surface area contributed by atoms with Crippen LogP contribution in [-0.2, 0) is 0 Å². The Balaban J connectivity index is 2.80. The Labute approximate surface area is 81.4 Å². The van der Waals surface area contributed by atoms with E-state index in [1.807, 2.05) is 32.0 Å². The Hall–Kier alpha value is -1.77. The van der Waals surface area contributed by atoms with E-state index in [2.05, 4.69) is 4.98 Å². The van der Waals surface area contributed by atoms with Crippen molar-refractivity contribution >= 4 is 16.9 Å². The third kappa shape index (κ3) is 1.18. The van der Waals surface area contributed by atoms with Gasteiger partial charge in [0.05, 0.1) is 0 Å². The smallest absolute Gasteiger partial charge is 0.352 e. The summed E-state index contributed by atoms with van der Waals surface area (Å²) in [7, 11) is 0. The topological polar surface area (TPSA) is 53.1 Å². The zero-order valence-electron chi connectivity index (χ0n) is 8.09. The molecule has 0 radical (unpaired) electrons. The lowest BCUT2D eigenvalue weighted by Gasteiger charge is -1.93. The quantitative estimate of drug-likeness (QED) is 0.724. The first-order valence-electron chi connectivity index (χ1n) is 4.42. The Bertz CT molecular complexity index is 511. The third-order valence-electron chi connectivity index (χ3n) is 2.43. The Kier molecular flexibility index (Phi) is 1.81. The number of aromatic nitrogens is 1. The van der Waals surface area contributed by atoms with Gasteiger partial charge < -0.3 is 10.1 Å². The van der Waals surface area contributed by atoms with Crippen LogP contribution < -0.4 is 0 Å². The molecule has 72 valence electrons. The molecule has 14 heavy (non-hydrogen) atoms. The van der Waals surface area contributed by atoms with Crippen molar-refractivity contribution in [1.82, 2.24) is 4.98 Å². The van der Waals surface area contributed by atoms with Crippen LogP contribution in [0.1, 0.15) is 21.6 Å². The van der Waals surface area contributed by atoms with Gasteiger partial charge in [0.15, 0.2) is 0 Å². The Morgan fingerprint density at radius 3 is 2.71 bits per heavy atom. The molecule has 0 amide bonds. The largest absolute Gasteiger partial charge is 0.477 e. The lowest BCUT2D eigenvalue weighted by atomic mass is 10.1. The highest BCUT2D eigenvalue weighted by Gasteiger charge is 2.12. The molecule has 0 spiro atoms. The van der Waals surface area contributed by atoms with Gasteiger partial charge in [0, 0.05) is 10.9 Å². The van der Waals surface area contributed by atoms with Crippen molar-refractivity contribution in [3.8, 4) is 0 Å². The van der Waals surface area contributed by atoms with Crippen molar-refractivity contribution in [2.24, 2.45) is 0 Å². The predicted octanol–water partition coefficient (Wildman–Crippen LogP) is 2.48. The van der Waals surface area contributed by atoms with Gasteiger partial charge in [0.1, 0.15) is 5.69 Å². The minimum Gasteiger partial charge on any atom is -0.477 e. The number of H-pyrrole nitrogens is 1. The molecule has 0 saturated carbocycles. The molecule has 1 heterocycles. The highest BCUT2D eigenvalue weighted by atomic mass is 16.4. The maximum Gasteiger partial charge on any atom is 0.352 e. The molecule has 0 aliphatic rings. The average Bonchev–Trinajstić information content (AvgIpc) is 2.44. The summed E-state index contributed by atoms with van der Waals surface area (Å²) in [6.45, 7) is 3.81. The third-order valence-corrected chi connectivity index (χ3v) is 2.43. The van der Waals surface area contributed by atoms with Crippen LogP contribution in [0.5, 0.6) is 0 Å². The van der Waals surface area contributed by atoms with E-state index in [1.54, 1.807) is 0 Å². The number of carboxylic acid groups (broad SMARTS) is 1. The second-order valence-electron chi connectivity index (χ2n) is 3.48. The van der Waals surface area contributed by atoms with Gasteiger partial charge >= 0.3 is 5.97 Å². The SMILES string of the molecule is Cc1ccc2[nH]c(C(=O)O)c(C)c2c1. The normalized spacial score (nSPS) is 10.7. The molecule has 2 rings (SSSR count). The van der Waals surface area contributed by atoms with Crippen molar-refractivity contribution in [2.45, 2.75) is 13.8 Å². The zero-order chi connectivity index (χ0) is 10.3. The van der Waals surface area contributed by atoms with Crippen LogP contribution in [0, 0.1) is 13.8 Å². The second kappa shape index (κ2) is 2.87. The van der Waals surface area contributed by atoms with Crippen molar-refractivity contribution in [3.05, 3.63) is 35.0 Å². The number of hydrogen-bond donors (Lipinski definition) is 2. The van der Waals surface area contributed by atoms with Crippen molar-refractivity contribution in [1.29, 1.82) is 0 Å². The van der Waals surface area contributed by atoms with E-state index in [0.29, 0.717) is 0 Å². The van der Waals surface area contributed by atoms with Crippen LogP contribution >= 0.6 is 0 Å². The number of rotatable bonds is 1. The van der Waals surface area contributed by atoms with E-state index in [0.717, 1.165) is 22.0 Å². The summed E-state index contributed by atoms with van der Waals surface area (Å²) >= 11 is 0. The molecule has 1 aromatic heterocycles. The average molecular weight is 189 g/mol. The summed E-state index contributed by atoms with van der Waals surface area (Å²) in [5.74, 6) is -0.906. The fourth-order valence-electron chi connectivity index (χ4n) is 1.65.